The maximum Gasteiger partial charge on any atom is 0.257 e. The number of likely N-dealkylation sites (tertiary alicyclic amines) is 1. The molecule has 1 aromatic rings. The minimum atomic E-state index is -0.182. The molecule has 1 N–H and O–H groups in total. The Morgan fingerprint density at radius 3 is 2.73 bits per heavy atom. The van der Waals surface area contributed by atoms with E-state index in [9.17, 15) is 4.79 Å². The molecule has 1 heterocycles. The van der Waals surface area contributed by atoms with Crippen molar-refractivity contribution in [2.75, 3.05) is 19.7 Å². The molecule has 0 unspecified atom stereocenters. The Morgan fingerprint density at radius 2 is 2.09 bits per heavy atom. The number of nitrogens with one attached hydrogen (secondary N) is 1. The van der Waals surface area contributed by atoms with Crippen molar-refractivity contribution in [1.82, 2.24) is 10.2 Å². The van der Waals surface area contributed by atoms with Gasteiger partial charge in [-0.25, -0.2) is 0 Å². The maximum atomic E-state index is 12.3. The van der Waals surface area contributed by atoms with Gasteiger partial charge in [-0.3, -0.25) is 10.1 Å². The van der Waals surface area contributed by atoms with Crippen molar-refractivity contribution < 1.29 is 9.53 Å². The molecule has 1 aliphatic rings. The minimum absolute atomic E-state index is 0.182. The summed E-state index contributed by atoms with van der Waals surface area (Å²) < 4.78 is 6.36. The van der Waals surface area contributed by atoms with Crippen LogP contribution in [0.25, 0.3) is 0 Å². The number of benzene rings is 1. The lowest BCUT2D eigenvalue weighted by atomic mass is 10.1. The van der Waals surface area contributed by atoms with Crippen molar-refractivity contribution in [3.8, 4) is 5.75 Å². The number of thiocarbonyl (C=S) groups is 1. The number of halogens is 1. The van der Waals surface area contributed by atoms with Crippen LogP contribution in [-0.2, 0) is 0 Å². The lowest BCUT2D eigenvalue weighted by Crippen LogP contribution is -2.44. The number of amides is 1. The number of carbonyl (C=O) groups excluding carboxylic acids is 1. The highest BCUT2D eigenvalue weighted by Gasteiger charge is 2.16. The van der Waals surface area contributed by atoms with Crippen LogP contribution in [0.5, 0.6) is 5.75 Å². The van der Waals surface area contributed by atoms with Crippen LogP contribution in [0.3, 0.4) is 0 Å². The van der Waals surface area contributed by atoms with E-state index in [1.807, 2.05) is 0 Å². The average molecular weight is 385 g/mol. The Bertz CT molecular complexity index is 545. The number of piperidine rings is 1. The minimum Gasteiger partial charge on any atom is -0.492 e. The van der Waals surface area contributed by atoms with Gasteiger partial charge in [-0.05, 0) is 72.0 Å². The summed E-state index contributed by atoms with van der Waals surface area (Å²) in [6.07, 6.45) is 4.44. The Balaban J connectivity index is 1.97. The van der Waals surface area contributed by atoms with Crippen molar-refractivity contribution in [2.45, 2.75) is 32.6 Å². The molecule has 0 radical (unpaired) electrons. The van der Waals surface area contributed by atoms with Crippen molar-refractivity contribution in [1.29, 1.82) is 0 Å². The molecular formula is C16H21BrN2O2S. The third kappa shape index (κ3) is 4.68. The summed E-state index contributed by atoms with van der Waals surface area (Å²) in [6, 6.07) is 5.32. The van der Waals surface area contributed by atoms with Crippen LogP contribution in [0.2, 0.25) is 0 Å². The molecule has 120 valence electrons. The highest BCUT2D eigenvalue weighted by atomic mass is 79.9. The summed E-state index contributed by atoms with van der Waals surface area (Å²) in [4.78, 5) is 14.3. The normalized spacial score (nSPS) is 14.5. The number of ether oxygens (including phenoxy) is 1. The summed E-state index contributed by atoms with van der Waals surface area (Å²) in [5, 5.41) is 3.33. The third-order valence-corrected chi connectivity index (χ3v) is 4.50. The van der Waals surface area contributed by atoms with E-state index in [-0.39, 0.29) is 5.91 Å². The Hall–Kier alpha value is -1.14. The number of hydrogen-bond acceptors (Lipinski definition) is 3. The molecule has 1 aromatic carbocycles. The smallest absolute Gasteiger partial charge is 0.257 e. The third-order valence-electron chi connectivity index (χ3n) is 3.52. The molecule has 4 nitrogen and oxygen atoms in total. The second kappa shape index (κ2) is 8.48. The van der Waals surface area contributed by atoms with Crippen LogP contribution in [0.1, 0.15) is 43.0 Å². The molecule has 0 aliphatic carbocycles. The zero-order valence-electron chi connectivity index (χ0n) is 12.7. The summed E-state index contributed by atoms with van der Waals surface area (Å²) in [6.45, 7) is 4.56. The summed E-state index contributed by atoms with van der Waals surface area (Å²) >= 11 is 8.76. The van der Waals surface area contributed by atoms with E-state index in [1.165, 1.54) is 6.42 Å². The van der Waals surface area contributed by atoms with Crippen LogP contribution in [0.15, 0.2) is 22.7 Å². The number of hydrogen-bond donors (Lipinski definition) is 1. The van der Waals surface area contributed by atoms with Gasteiger partial charge in [0.15, 0.2) is 5.11 Å². The Kier molecular flexibility index (Phi) is 6.64. The fraction of sp³-hybridized carbons (Fsp3) is 0.500. The molecule has 0 saturated carbocycles. The van der Waals surface area contributed by atoms with Gasteiger partial charge < -0.3 is 9.64 Å². The van der Waals surface area contributed by atoms with E-state index in [4.69, 9.17) is 17.0 Å². The number of carbonyl (C=O) groups is 1. The molecule has 0 spiro atoms. The van der Waals surface area contributed by atoms with E-state index in [0.29, 0.717) is 17.3 Å². The van der Waals surface area contributed by atoms with E-state index in [0.717, 1.165) is 42.6 Å². The highest BCUT2D eigenvalue weighted by molar-refractivity contribution is 9.10. The molecular weight excluding hydrogens is 364 g/mol. The van der Waals surface area contributed by atoms with Gasteiger partial charge in [0, 0.05) is 18.7 Å². The summed E-state index contributed by atoms with van der Waals surface area (Å²) in [5.41, 5.74) is 0.565. The molecule has 1 amide bonds. The van der Waals surface area contributed by atoms with Gasteiger partial charge >= 0.3 is 0 Å². The van der Waals surface area contributed by atoms with E-state index in [1.54, 1.807) is 18.2 Å². The average Bonchev–Trinajstić information content (AvgIpc) is 2.54. The van der Waals surface area contributed by atoms with Gasteiger partial charge in [0.05, 0.1) is 11.1 Å². The summed E-state index contributed by atoms with van der Waals surface area (Å²) in [5.74, 6) is 0.565. The molecule has 22 heavy (non-hydrogen) atoms. The van der Waals surface area contributed by atoms with Gasteiger partial charge in [0.25, 0.3) is 5.91 Å². The molecule has 6 heteroatoms. The quantitative estimate of drug-likeness (QED) is 0.802. The molecule has 0 bridgehead atoms. The fourth-order valence-corrected chi connectivity index (χ4v) is 3.09. The highest BCUT2D eigenvalue weighted by Crippen LogP contribution is 2.26. The standard InChI is InChI=1S/C16H21BrN2O2S/c1-2-10-21-14-7-6-12(11-13(14)17)15(20)18-16(22)19-8-4-3-5-9-19/h6-7,11H,2-5,8-10H2,1H3,(H,18,20,22). The first-order chi connectivity index (χ1) is 10.6. The molecule has 1 saturated heterocycles. The van der Waals surface area contributed by atoms with Gasteiger partial charge in [-0.15, -0.1) is 0 Å². The second-order valence-electron chi connectivity index (χ2n) is 5.30. The lowest BCUT2D eigenvalue weighted by molar-refractivity contribution is 0.0972. The molecule has 2 rings (SSSR count). The fourth-order valence-electron chi connectivity index (χ4n) is 2.32. The van der Waals surface area contributed by atoms with Gasteiger partial charge in [-0.2, -0.15) is 0 Å². The Morgan fingerprint density at radius 1 is 1.36 bits per heavy atom. The van der Waals surface area contributed by atoms with Crippen LogP contribution >= 0.6 is 28.1 Å². The van der Waals surface area contributed by atoms with Crippen LogP contribution in [-0.4, -0.2) is 35.6 Å². The predicted octanol–water partition coefficient (Wildman–Crippen LogP) is 3.74. The second-order valence-corrected chi connectivity index (χ2v) is 6.54. The van der Waals surface area contributed by atoms with Crippen molar-refractivity contribution in [3.05, 3.63) is 28.2 Å². The zero-order valence-corrected chi connectivity index (χ0v) is 15.1. The molecule has 0 aromatic heterocycles. The van der Waals surface area contributed by atoms with Crippen molar-refractivity contribution in [3.63, 3.8) is 0 Å². The first-order valence-corrected chi connectivity index (χ1v) is 8.84. The van der Waals surface area contributed by atoms with E-state index in [2.05, 4.69) is 33.1 Å². The van der Waals surface area contributed by atoms with Crippen molar-refractivity contribution >= 4 is 39.2 Å². The van der Waals surface area contributed by atoms with Crippen LogP contribution in [0.4, 0.5) is 0 Å². The zero-order chi connectivity index (χ0) is 15.9. The van der Waals surface area contributed by atoms with Gasteiger partial charge in [-0.1, -0.05) is 6.92 Å². The first-order valence-electron chi connectivity index (χ1n) is 7.64. The van der Waals surface area contributed by atoms with E-state index < -0.39 is 0 Å². The number of rotatable bonds is 4. The maximum absolute atomic E-state index is 12.3. The van der Waals surface area contributed by atoms with Crippen LogP contribution in [0, 0.1) is 0 Å². The van der Waals surface area contributed by atoms with E-state index >= 15 is 0 Å². The Labute approximate surface area is 145 Å². The first kappa shape index (κ1) is 17.2. The molecule has 1 aliphatic heterocycles. The predicted molar refractivity (Wildman–Crippen MR) is 95.4 cm³/mol. The molecule has 1 fully saturated rings. The van der Waals surface area contributed by atoms with Gasteiger partial charge in [0.2, 0.25) is 0 Å². The van der Waals surface area contributed by atoms with Crippen LogP contribution < -0.4 is 10.1 Å². The summed E-state index contributed by atoms with van der Waals surface area (Å²) in [7, 11) is 0. The lowest BCUT2D eigenvalue weighted by Gasteiger charge is -2.28. The number of nitrogens with zero attached hydrogens (tertiary/aromatic N) is 1. The monoisotopic (exact) mass is 384 g/mol. The topological polar surface area (TPSA) is 41.6 Å². The molecule has 0 atom stereocenters. The van der Waals surface area contributed by atoms with Crippen molar-refractivity contribution in [2.24, 2.45) is 0 Å². The SMILES string of the molecule is CCCOc1ccc(C(=O)NC(=S)N2CCCCC2)cc1Br. The van der Waals surface area contributed by atoms with Gasteiger partial charge in [0.1, 0.15) is 5.75 Å². The largest absolute Gasteiger partial charge is 0.492 e.